The third-order valence-corrected chi connectivity index (χ3v) is 5.74. The quantitative estimate of drug-likeness (QED) is 0.294. The van der Waals surface area contributed by atoms with E-state index in [9.17, 15) is 4.79 Å². The molecule has 0 bridgehead atoms. The number of H-pyrrole nitrogens is 1. The summed E-state index contributed by atoms with van der Waals surface area (Å²) in [6, 6.07) is 14.5. The SMILES string of the molecule is COc1ccc(-n2c(SCC(=O)Nc3cccc(OC)c3)nc3[nH]nc(C)c3c2=N)cc1. The number of nitrogens with zero attached hydrogens (tertiary/aromatic N) is 3. The van der Waals surface area contributed by atoms with Gasteiger partial charge in [-0.3, -0.25) is 19.9 Å². The first-order chi connectivity index (χ1) is 15.5. The van der Waals surface area contributed by atoms with E-state index >= 15 is 0 Å². The second-order valence-electron chi connectivity index (χ2n) is 6.88. The van der Waals surface area contributed by atoms with Crippen LogP contribution in [0.15, 0.2) is 53.7 Å². The molecule has 0 aliphatic rings. The molecular formula is C22H22N6O3S. The molecule has 0 unspecified atom stereocenters. The number of rotatable bonds is 7. The number of carbonyl (C=O) groups is 1. The fourth-order valence-electron chi connectivity index (χ4n) is 3.23. The Morgan fingerprint density at radius 1 is 1.16 bits per heavy atom. The molecule has 0 saturated heterocycles. The molecule has 10 heteroatoms. The number of anilines is 1. The number of aromatic nitrogens is 4. The number of hydrogen-bond acceptors (Lipinski definition) is 7. The Morgan fingerprint density at radius 3 is 2.62 bits per heavy atom. The maximum atomic E-state index is 12.6. The molecule has 0 fully saturated rings. The number of nitrogens with one attached hydrogen (secondary N) is 3. The largest absolute Gasteiger partial charge is 0.497 e. The molecule has 9 nitrogen and oxygen atoms in total. The average Bonchev–Trinajstić information content (AvgIpc) is 3.18. The van der Waals surface area contributed by atoms with E-state index in [0.29, 0.717) is 39.1 Å². The molecule has 164 valence electrons. The lowest BCUT2D eigenvalue weighted by atomic mass is 10.2. The molecule has 0 aliphatic heterocycles. The highest BCUT2D eigenvalue weighted by Gasteiger charge is 2.16. The van der Waals surface area contributed by atoms with Gasteiger partial charge in [0.1, 0.15) is 17.0 Å². The van der Waals surface area contributed by atoms with Gasteiger partial charge in [-0.25, -0.2) is 4.98 Å². The average molecular weight is 451 g/mol. The van der Waals surface area contributed by atoms with E-state index in [1.165, 1.54) is 11.8 Å². The zero-order chi connectivity index (χ0) is 22.7. The fourth-order valence-corrected chi connectivity index (χ4v) is 4.05. The molecule has 2 aromatic heterocycles. The monoisotopic (exact) mass is 450 g/mol. The molecule has 32 heavy (non-hydrogen) atoms. The molecule has 2 heterocycles. The predicted molar refractivity (Wildman–Crippen MR) is 123 cm³/mol. The number of carbonyl (C=O) groups excluding carboxylic acids is 1. The fraction of sp³-hybridized carbons (Fsp3) is 0.182. The normalized spacial score (nSPS) is 10.8. The highest BCUT2D eigenvalue weighted by Crippen LogP contribution is 2.24. The van der Waals surface area contributed by atoms with Gasteiger partial charge in [-0.2, -0.15) is 5.10 Å². The van der Waals surface area contributed by atoms with Gasteiger partial charge in [-0.15, -0.1) is 0 Å². The number of ether oxygens (including phenoxy) is 2. The van der Waals surface area contributed by atoms with Crippen molar-refractivity contribution in [2.45, 2.75) is 12.1 Å². The number of fused-ring (bicyclic) bond motifs is 1. The van der Waals surface area contributed by atoms with Crippen molar-refractivity contribution in [1.29, 1.82) is 5.41 Å². The van der Waals surface area contributed by atoms with Crippen LogP contribution in [0.5, 0.6) is 11.5 Å². The van der Waals surface area contributed by atoms with Crippen molar-refractivity contribution in [3.05, 3.63) is 59.7 Å². The lowest BCUT2D eigenvalue weighted by molar-refractivity contribution is -0.113. The second kappa shape index (κ2) is 9.15. The van der Waals surface area contributed by atoms with Crippen molar-refractivity contribution in [1.82, 2.24) is 19.7 Å². The van der Waals surface area contributed by atoms with Crippen molar-refractivity contribution in [2.75, 3.05) is 25.3 Å². The highest BCUT2D eigenvalue weighted by atomic mass is 32.2. The summed E-state index contributed by atoms with van der Waals surface area (Å²) >= 11 is 1.24. The van der Waals surface area contributed by atoms with E-state index < -0.39 is 0 Å². The minimum Gasteiger partial charge on any atom is -0.497 e. The summed E-state index contributed by atoms with van der Waals surface area (Å²) < 4.78 is 12.1. The number of aryl methyl sites for hydroxylation is 1. The molecular weight excluding hydrogens is 428 g/mol. The Kier molecular flexibility index (Phi) is 6.13. The minimum absolute atomic E-state index is 0.110. The number of methoxy groups -OCH3 is 2. The van der Waals surface area contributed by atoms with Gasteiger partial charge >= 0.3 is 0 Å². The summed E-state index contributed by atoms with van der Waals surface area (Å²) in [7, 11) is 3.18. The maximum absolute atomic E-state index is 12.6. The summed E-state index contributed by atoms with van der Waals surface area (Å²) in [6.07, 6.45) is 0. The zero-order valence-electron chi connectivity index (χ0n) is 17.8. The van der Waals surface area contributed by atoms with E-state index in [-0.39, 0.29) is 17.1 Å². The van der Waals surface area contributed by atoms with E-state index in [2.05, 4.69) is 20.5 Å². The molecule has 0 spiro atoms. The van der Waals surface area contributed by atoms with Crippen molar-refractivity contribution in [3.8, 4) is 17.2 Å². The number of hydrogen-bond donors (Lipinski definition) is 3. The van der Waals surface area contributed by atoms with Crippen LogP contribution < -0.4 is 20.3 Å². The highest BCUT2D eigenvalue weighted by molar-refractivity contribution is 7.99. The van der Waals surface area contributed by atoms with Gasteiger partial charge in [0.05, 0.1) is 31.1 Å². The first-order valence-corrected chi connectivity index (χ1v) is 10.7. The summed E-state index contributed by atoms with van der Waals surface area (Å²) in [5, 5.41) is 19.8. The van der Waals surface area contributed by atoms with E-state index in [1.54, 1.807) is 30.9 Å². The van der Waals surface area contributed by atoms with Crippen LogP contribution in [0.1, 0.15) is 5.69 Å². The number of amides is 1. The zero-order valence-corrected chi connectivity index (χ0v) is 18.6. The van der Waals surface area contributed by atoms with Crippen molar-refractivity contribution < 1.29 is 14.3 Å². The van der Waals surface area contributed by atoms with Crippen LogP contribution in [0, 0.1) is 12.3 Å². The topological polar surface area (TPSA) is 118 Å². The minimum atomic E-state index is -0.196. The van der Waals surface area contributed by atoms with Crippen LogP contribution in [0.3, 0.4) is 0 Å². The molecule has 0 radical (unpaired) electrons. The Morgan fingerprint density at radius 2 is 1.91 bits per heavy atom. The smallest absolute Gasteiger partial charge is 0.234 e. The van der Waals surface area contributed by atoms with Gasteiger partial charge in [0.25, 0.3) is 0 Å². The Balaban J connectivity index is 1.65. The molecule has 0 atom stereocenters. The van der Waals surface area contributed by atoms with E-state index in [4.69, 9.17) is 14.9 Å². The van der Waals surface area contributed by atoms with Crippen molar-refractivity contribution in [2.24, 2.45) is 0 Å². The standard InChI is InChI=1S/C22H22N6O3S/c1-13-19-20(23)28(15-7-9-16(30-2)10-8-15)22(25-21(19)27-26-13)32-12-18(29)24-14-5-4-6-17(11-14)31-3/h4-11,23H,12H2,1-3H3,(H,24,29)(H,26,27). The van der Waals surface area contributed by atoms with Crippen LogP contribution in [-0.4, -0.2) is 45.6 Å². The number of thioether (sulfide) groups is 1. The van der Waals surface area contributed by atoms with Crippen molar-refractivity contribution in [3.63, 3.8) is 0 Å². The molecule has 4 aromatic rings. The van der Waals surface area contributed by atoms with E-state index in [1.807, 2.05) is 43.3 Å². The molecule has 0 aliphatic carbocycles. The lowest BCUT2D eigenvalue weighted by Crippen LogP contribution is -2.23. The van der Waals surface area contributed by atoms with Crippen LogP contribution in [0.25, 0.3) is 16.7 Å². The first kappa shape index (κ1) is 21.4. The van der Waals surface area contributed by atoms with Gasteiger partial charge in [0.15, 0.2) is 10.8 Å². The second-order valence-corrected chi connectivity index (χ2v) is 7.82. The molecule has 1 amide bonds. The summed E-state index contributed by atoms with van der Waals surface area (Å²) in [5.41, 5.74) is 2.82. The third-order valence-electron chi connectivity index (χ3n) is 4.80. The van der Waals surface area contributed by atoms with Gasteiger partial charge < -0.3 is 14.8 Å². The van der Waals surface area contributed by atoms with Crippen LogP contribution >= 0.6 is 11.8 Å². The van der Waals surface area contributed by atoms with Gasteiger partial charge in [0, 0.05) is 17.4 Å². The van der Waals surface area contributed by atoms with Crippen LogP contribution in [-0.2, 0) is 4.79 Å². The molecule has 2 aromatic carbocycles. The van der Waals surface area contributed by atoms with Gasteiger partial charge in [-0.1, -0.05) is 17.8 Å². The van der Waals surface area contributed by atoms with Crippen LogP contribution in [0.4, 0.5) is 5.69 Å². The molecule has 0 saturated carbocycles. The third kappa shape index (κ3) is 4.30. The summed E-state index contributed by atoms with van der Waals surface area (Å²) in [5.74, 6) is 1.28. The Hall–Kier alpha value is -3.79. The first-order valence-electron chi connectivity index (χ1n) is 9.73. The Bertz CT molecular complexity index is 1330. The van der Waals surface area contributed by atoms with E-state index in [0.717, 1.165) is 5.69 Å². The van der Waals surface area contributed by atoms with Gasteiger partial charge in [-0.05, 0) is 43.3 Å². The predicted octanol–water partition coefficient (Wildman–Crippen LogP) is 3.28. The van der Waals surface area contributed by atoms with Crippen molar-refractivity contribution >= 4 is 34.4 Å². The molecule has 3 N–H and O–H groups in total. The number of benzene rings is 2. The lowest BCUT2D eigenvalue weighted by Gasteiger charge is -2.14. The summed E-state index contributed by atoms with van der Waals surface area (Å²) in [4.78, 5) is 17.2. The number of aromatic amines is 1. The Labute approximate surface area is 188 Å². The maximum Gasteiger partial charge on any atom is 0.234 e. The van der Waals surface area contributed by atoms with Crippen LogP contribution in [0.2, 0.25) is 0 Å². The summed E-state index contributed by atoms with van der Waals surface area (Å²) in [6.45, 7) is 1.82. The van der Waals surface area contributed by atoms with Gasteiger partial charge in [0.2, 0.25) is 5.91 Å². The molecule has 4 rings (SSSR count).